The fraction of sp³-hybridized carbons (Fsp3) is 0.360. The van der Waals surface area contributed by atoms with Gasteiger partial charge in [0.2, 0.25) is 15.9 Å². The van der Waals surface area contributed by atoms with Crippen molar-refractivity contribution in [2.24, 2.45) is 5.92 Å². The predicted octanol–water partition coefficient (Wildman–Crippen LogP) is 3.79. The van der Waals surface area contributed by atoms with Crippen molar-refractivity contribution < 1.29 is 17.7 Å². The lowest BCUT2D eigenvalue weighted by atomic mass is 9.94. The molecule has 0 bridgehead atoms. The van der Waals surface area contributed by atoms with E-state index in [1.54, 1.807) is 13.8 Å². The van der Waals surface area contributed by atoms with Crippen molar-refractivity contribution in [2.45, 2.75) is 44.0 Å². The minimum absolute atomic E-state index is 0.0332. The lowest BCUT2D eigenvalue weighted by molar-refractivity contribution is -0.126. The van der Waals surface area contributed by atoms with Gasteiger partial charge in [0.15, 0.2) is 5.76 Å². The third-order valence-corrected chi connectivity index (χ3v) is 8.34. The third kappa shape index (κ3) is 5.17. The van der Waals surface area contributed by atoms with Gasteiger partial charge in [-0.15, -0.1) is 0 Å². The molecule has 1 fully saturated rings. The molecular formula is C25H29N3O4S. The molecule has 1 amide bonds. The van der Waals surface area contributed by atoms with Crippen LogP contribution in [0.2, 0.25) is 0 Å². The highest BCUT2D eigenvalue weighted by Gasteiger charge is 2.35. The molecule has 1 saturated heterocycles. The summed E-state index contributed by atoms with van der Waals surface area (Å²) in [6, 6.07) is 19.9. The molecule has 0 radical (unpaired) electrons. The van der Waals surface area contributed by atoms with E-state index in [0.717, 1.165) is 11.1 Å². The molecule has 1 aliphatic heterocycles. The van der Waals surface area contributed by atoms with Crippen LogP contribution in [0.4, 0.5) is 0 Å². The Balaban J connectivity index is 1.43. The maximum atomic E-state index is 13.2. The first-order valence-corrected chi connectivity index (χ1v) is 12.6. The molecule has 1 aliphatic rings. The van der Waals surface area contributed by atoms with Crippen molar-refractivity contribution in [3.05, 3.63) is 83.2 Å². The van der Waals surface area contributed by atoms with Crippen molar-refractivity contribution >= 4 is 15.9 Å². The molecule has 1 aromatic heterocycles. The van der Waals surface area contributed by atoms with E-state index in [9.17, 15) is 13.2 Å². The maximum absolute atomic E-state index is 13.2. The number of sulfonamides is 1. The average Bonchev–Trinajstić information content (AvgIpc) is 3.18. The Morgan fingerprint density at radius 1 is 1.06 bits per heavy atom. The topological polar surface area (TPSA) is 92.5 Å². The zero-order valence-electron chi connectivity index (χ0n) is 18.9. The highest BCUT2D eigenvalue weighted by Crippen LogP contribution is 2.28. The van der Waals surface area contributed by atoms with Gasteiger partial charge in [-0.2, -0.15) is 4.31 Å². The molecule has 1 atom stereocenters. The predicted molar refractivity (Wildman–Crippen MR) is 125 cm³/mol. The van der Waals surface area contributed by atoms with Crippen LogP contribution in [0.15, 0.2) is 70.1 Å². The molecule has 3 aromatic rings. The summed E-state index contributed by atoms with van der Waals surface area (Å²) in [5, 5.41) is 6.99. The Kier molecular flexibility index (Phi) is 6.95. The first-order chi connectivity index (χ1) is 15.9. The smallest absolute Gasteiger partial charge is 0.248 e. The molecule has 0 spiro atoms. The Morgan fingerprint density at radius 2 is 1.67 bits per heavy atom. The van der Waals surface area contributed by atoms with Gasteiger partial charge >= 0.3 is 0 Å². The molecule has 1 unspecified atom stereocenters. The van der Waals surface area contributed by atoms with Crippen molar-refractivity contribution in [3.63, 3.8) is 0 Å². The van der Waals surface area contributed by atoms with E-state index < -0.39 is 10.0 Å². The van der Waals surface area contributed by atoms with E-state index in [0.29, 0.717) is 43.8 Å². The monoisotopic (exact) mass is 467 g/mol. The highest BCUT2D eigenvalue weighted by molar-refractivity contribution is 7.89. The fourth-order valence-electron chi connectivity index (χ4n) is 4.41. The quantitative estimate of drug-likeness (QED) is 0.571. The summed E-state index contributed by atoms with van der Waals surface area (Å²) in [4.78, 5) is 13.3. The van der Waals surface area contributed by atoms with Crippen LogP contribution >= 0.6 is 0 Å². The standard InChI is InChI=1S/C25H29N3O4S/c1-18-24(19(2)32-27-18)33(30,31)28-15-13-22(14-16-28)25(29)26-23(21-11-7-4-8-12-21)17-20-9-5-3-6-10-20/h3-12,22-23H,13-17H2,1-2H3,(H,26,29). The number of piperidine rings is 1. The highest BCUT2D eigenvalue weighted by atomic mass is 32.2. The van der Waals surface area contributed by atoms with Gasteiger partial charge < -0.3 is 9.84 Å². The second-order valence-electron chi connectivity index (χ2n) is 8.49. The zero-order chi connectivity index (χ0) is 23.4. The second kappa shape index (κ2) is 9.89. The number of aromatic nitrogens is 1. The van der Waals surface area contributed by atoms with E-state index >= 15 is 0 Å². The van der Waals surface area contributed by atoms with Gasteiger partial charge in [-0.3, -0.25) is 4.79 Å². The van der Waals surface area contributed by atoms with Crippen LogP contribution < -0.4 is 5.32 Å². The normalized spacial score (nSPS) is 16.4. The van der Waals surface area contributed by atoms with Crippen LogP contribution in [-0.2, 0) is 21.2 Å². The maximum Gasteiger partial charge on any atom is 0.248 e. The van der Waals surface area contributed by atoms with E-state index in [4.69, 9.17) is 4.52 Å². The number of hydrogen-bond acceptors (Lipinski definition) is 5. The van der Waals surface area contributed by atoms with Crippen LogP contribution in [0.25, 0.3) is 0 Å². The molecule has 7 nitrogen and oxygen atoms in total. The average molecular weight is 468 g/mol. The van der Waals surface area contributed by atoms with E-state index in [1.807, 2.05) is 48.5 Å². The summed E-state index contributed by atoms with van der Waals surface area (Å²) >= 11 is 0. The lowest BCUT2D eigenvalue weighted by Crippen LogP contribution is -2.44. The number of amides is 1. The molecule has 0 aliphatic carbocycles. The van der Waals surface area contributed by atoms with Gasteiger partial charge in [-0.25, -0.2) is 8.42 Å². The molecule has 2 heterocycles. The fourth-order valence-corrected chi connectivity index (χ4v) is 6.17. The van der Waals surface area contributed by atoms with Gasteiger partial charge in [0.05, 0.1) is 6.04 Å². The molecule has 174 valence electrons. The molecular weight excluding hydrogens is 438 g/mol. The molecule has 33 heavy (non-hydrogen) atoms. The van der Waals surface area contributed by atoms with Crippen LogP contribution in [0.1, 0.15) is 41.5 Å². The zero-order valence-corrected chi connectivity index (χ0v) is 19.7. The van der Waals surface area contributed by atoms with Crippen molar-refractivity contribution in [2.75, 3.05) is 13.1 Å². The van der Waals surface area contributed by atoms with Gasteiger partial charge in [0.1, 0.15) is 10.6 Å². The number of nitrogens with zero attached hydrogens (tertiary/aromatic N) is 2. The number of carbonyl (C=O) groups is 1. The first-order valence-electron chi connectivity index (χ1n) is 11.2. The SMILES string of the molecule is Cc1noc(C)c1S(=O)(=O)N1CCC(C(=O)NC(Cc2ccccc2)c2ccccc2)CC1. The van der Waals surface area contributed by atoms with E-state index in [-0.39, 0.29) is 22.8 Å². The molecule has 4 rings (SSSR count). The van der Waals surface area contributed by atoms with Crippen LogP contribution in [0.5, 0.6) is 0 Å². The Bertz CT molecular complexity index is 1170. The third-order valence-electron chi connectivity index (χ3n) is 6.19. The van der Waals surface area contributed by atoms with Gasteiger partial charge in [0.25, 0.3) is 0 Å². The summed E-state index contributed by atoms with van der Waals surface area (Å²) in [6.07, 6.45) is 1.64. The van der Waals surface area contributed by atoms with Crippen LogP contribution in [0, 0.1) is 19.8 Å². The molecule has 1 N–H and O–H groups in total. The van der Waals surface area contributed by atoms with Crippen molar-refractivity contribution in [1.29, 1.82) is 0 Å². The van der Waals surface area contributed by atoms with E-state index in [1.165, 1.54) is 4.31 Å². The molecule has 2 aromatic carbocycles. The number of carbonyl (C=O) groups excluding carboxylic acids is 1. The summed E-state index contributed by atoms with van der Waals surface area (Å²) in [5.41, 5.74) is 2.55. The number of benzene rings is 2. The first kappa shape index (κ1) is 23.2. The minimum Gasteiger partial charge on any atom is -0.360 e. The largest absolute Gasteiger partial charge is 0.360 e. The lowest BCUT2D eigenvalue weighted by Gasteiger charge is -2.31. The van der Waals surface area contributed by atoms with Crippen molar-refractivity contribution in [1.82, 2.24) is 14.8 Å². The number of hydrogen-bond donors (Lipinski definition) is 1. The minimum atomic E-state index is -3.69. The molecule has 8 heteroatoms. The number of rotatable bonds is 7. The van der Waals surface area contributed by atoms with Crippen LogP contribution in [0.3, 0.4) is 0 Å². The van der Waals surface area contributed by atoms with Gasteiger partial charge in [0, 0.05) is 19.0 Å². The Labute approximate surface area is 194 Å². The summed E-state index contributed by atoms with van der Waals surface area (Å²) < 4.78 is 32.6. The summed E-state index contributed by atoms with van der Waals surface area (Å²) in [5.74, 6) is 0.0243. The molecule has 0 saturated carbocycles. The Hall–Kier alpha value is -2.97. The van der Waals surface area contributed by atoms with E-state index in [2.05, 4.69) is 22.6 Å². The summed E-state index contributed by atoms with van der Waals surface area (Å²) in [7, 11) is -3.69. The number of aryl methyl sites for hydroxylation is 2. The van der Waals surface area contributed by atoms with Crippen LogP contribution in [-0.4, -0.2) is 36.9 Å². The second-order valence-corrected chi connectivity index (χ2v) is 10.4. The number of nitrogens with one attached hydrogen (secondary N) is 1. The summed E-state index contributed by atoms with van der Waals surface area (Å²) in [6.45, 7) is 3.81. The van der Waals surface area contributed by atoms with Gasteiger partial charge in [-0.1, -0.05) is 65.8 Å². The van der Waals surface area contributed by atoms with Gasteiger partial charge in [-0.05, 0) is 44.2 Å². The Morgan fingerprint density at radius 3 is 2.24 bits per heavy atom. The van der Waals surface area contributed by atoms with Crippen molar-refractivity contribution in [3.8, 4) is 0 Å².